The summed E-state index contributed by atoms with van der Waals surface area (Å²) in [5.41, 5.74) is 6.90. The van der Waals surface area contributed by atoms with Gasteiger partial charge in [0.2, 0.25) is 0 Å². The first-order chi connectivity index (χ1) is 40.4. The highest BCUT2D eigenvalue weighted by Crippen LogP contribution is 2.45. The topological polar surface area (TPSA) is 284 Å². The van der Waals surface area contributed by atoms with Gasteiger partial charge in [-0.2, -0.15) is 0 Å². The van der Waals surface area contributed by atoms with Crippen LogP contribution in [0.25, 0.3) is 10.4 Å². The van der Waals surface area contributed by atoms with Gasteiger partial charge in [0, 0.05) is 37.4 Å². The Hall–Kier alpha value is -7.21. The van der Waals surface area contributed by atoms with Gasteiger partial charge in [-0.05, 0) is 90.0 Å². The number of benzene rings is 3. The van der Waals surface area contributed by atoms with E-state index in [1.165, 1.54) is 39.8 Å². The van der Waals surface area contributed by atoms with E-state index in [1.807, 2.05) is 24.3 Å². The number of amides is 1. The van der Waals surface area contributed by atoms with E-state index in [0.717, 1.165) is 5.56 Å². The second-order valence-electron chi connectivity index (χ2n) is 22.9. The summed E-state index contributed by atoms with van der Waals surface area (Å²) in [5.74, 6) is -5.53. The van der Waals surface area contributed by atoms with Gasteiger partial charge in [-0.1, -0.05) is 117 Å². The lowest BCUT2D eigenvalue weighted by Gasteiger charge is -2.50. The van der Waals surface area contributed by atoms with Crippen LogP contribution in [-0.4, -0.2) is 146 Å². The zero-order chi connectivity index (χ0) is 61.8. The molecule has 0 aliphatic carbocycles. The molecule has 4 fully saturated rings. The maximum Gasteiger partial charge on any atom is 0.509 e. The lowest BCUT2D eigenvalue weighted by molar-refractivity contribution is -0.319. The fourth-order valence-electron chi connectivity index (χ4n) is 11.8. The number of fused-ring (bicyclic) bond motifs is 1. The molecular formula is C61H80N4O20. The maximum absolute atomic E-state index is 15.1. The number of esters is 2. The van der Waals surface area contributed by atoms with Crippen LogP contribution in [-0.2, 0) is 95.7 Å². The van der Waals surface area contributed by atoms with Gasteiger partial charge in [-0.15, -0.1) is 0 Å². The number of azide groups is 1. The average molecular weight is 1190 g/mol. The molecule has 1 amide bonds. The average Bonchev–Trinajstić information content (AvgIpc) is 2.07. The van der Waals surface area contributed by atoms with Gasteiger partial charge >= 0.3 is 36.5 Å². The van der Waals surface area contributed by atoms with E-state index in [1.54, 1.807) is 115 Å². The van der Waals surface area contributed by atoms with Gasteiger partial charge in [-0.3, -0.25) is 9.59 Å². The highest BCUT2D eigenvalue weighted by atomic mass is 16.8. The Morgan fingerprint density at radius 2 is 1.29 bits per heavy atom. The number of methoxy groups -OCH3 is 1. The quantitative estimate of drug-likeness (QED) is 0.0376. The van der Waals surface area contributed by atoms with E-state index < -0.39 is 145 Å². The van der Waals surface area contributed by atoms with Gasteiger partial charge in [-0.25, -0.2) is 19.2 Å². The smallest absolute Gasteiger partial charge is 0.458 e. The molecule has 0 unspecified atom stereocenters. The molecular weight excluding hydrogens is 1110 g/mol. The zero-order valence-electron chi connectivity index (χ0n) is 50.2. The van der Waals surface area contributed by atoms with Crippen LogP contribution in [0.1, 0.15) is 112 Å². The van der Waals surface area contributed by atoms with Gasteiger partial charge in [0.05, 0.1) is 36.2 Å². The van der Waals surface area contributed by atoms with Crippen molar-refractivity contribution in [2.75, 3.05) is 14.2 Å². The van der Waals surface area contributed by atoms with Crippen LogP contribution in [0.4, 0.5) is 19.2 Å². The second kappa shape index (κ2) is 28.8. The lowest BCUT2D eigenvalue weighted by atomic mass is 9.78. The molecule has 7 rings (SSSR count). The van der Waals surface area contributed by atoms with Crippen LogP contribution in [0.5, 0.6) is 0 Å². The third-order valence-corrected chi connectivity index (χ3v) is 16.4. The molecule has 85 heavy (non-hydrogen) atoms. The van der Waals surface area contributed by atoms with E-state index in [0.29, 0.717) is 11.1 Å². The standard InChI is InChI=1S/C61H80N4O20/c1-13-45-61(10)50(82-58(71)85-61)39(6)53(67)84-60(9,30-35(2)63-64-62)49(37(4)47(38(5)52(66)78-45)79-46-31-59(8,72-12)51(40(7)77-46)83-57(70)75-34-43-27-21-16-22-28-43)81-54-48(80-56(69)74-33-42-25-19-15-20-26-42)44(29-36(3)76-54)65(11)55(68)73-32-41-23-17-14-18-24-41/h14-28,35-40,44-51,54H,13,29-34H2,1-12H3/t35-,36-,37+,38-,39+,40+,44+,45+,46+,47+,48-,49-,50-,51+,54+,59-,60-,61-/m1/s1. The van der Waals surface area contributed by atoms with E-state index in [4.69, 9.17) is 66.3 Å². The Bertz CT molecular complexity index is 2800. The normalized spacial score (nSPS) is 33.6. The first-order valence-electron chi connectivity index (χ1n) is 28.6. The Morgan fingerprint density at radius 3 is 1.85 bits per heavy atom. The molecule has 24 nitrogen and oxygen atoms in total. The molecule has 4 aliphatic rings. The predicted molar refractivity (Wildman–Crippen MR) is 299 cm³/mol. The fourth-order valence-corrected chi connectivity index (χ4v) is 11.8. The summed E-state index contributed by atoms with van der Waals surface area (Å²) in [4.78, 5) is 89.2. The third kappa shape index (κ3) is 16.0. The predicted octanol–water partition coefficient (Wildman–Crippen LogP) is 10.4. The molecule has 0 spiro atoms. The van der Waals surface area contributed by atoms with Crippen molar-refractivity contribution in [3.05, 3.63) is 118 Å². The number of hydrogen-bond donors (Lipinski definition) is 0. The van der Waals surface area contributed by atoms with Crippen LogP contribution in [0.15, 0.2) is 96.1 Å². The van der Waals surface area contributed by atoms with Crippen molar-refractivity contribution in [2.45, 2.75) is 205 Å². The van der Waals surface area contributed by atoms with Crippen molar-refractivity contribution in [1.29, 1.82) is 0 Å². The van der Waals surface area contributed by atoms with Gasteiger partial charge in [0.25, 0.3) is 0 Å². The molecule has 0 aromatic heterocycles. The number of likely N-dealkylation sites (N-methyl/N-ethyl adjacent to an activating group) is 1. The minimum absolute atomic E-state index is 0.0640. The van der Waals surface area contributed by atoms with Gasteiger partial charge in [0.15, 0.2) is 36.5 Å². The van der Waals surface area contributed by atoms with E-state index in [-0.39, 0.29) is 45.5 Å². The molecule has 24 heteroatoms. The Kier molecular flexibility index (Phi) is 22.1. The number of carbonyl (C=O) groups is 6. The van der Waals surface area contributed by atoms with Crippen LogP contribution in [0.3, 0.4) is 0 Å². The minimum atomic E-state index is -1.96. The highest BCUT2D eigenvalue weighted by molar-refractivity contribution is 5.76. The van der Waals surface area contributed by atoms with E-state index in [2.05, 4.69) is 10.0 Å². The maximum atomic E-state index is 15.1. The fraction of sp³-hybridized carbons (Fsp3) is 0.607. The summed E-state index contributed by atoms with van der Waals surface area (Å²) < 4.78 is 87.0. The van der Waals surface area contributed by atoms with Crippen molar-refractivity contribution >= 4 is 36.5 Å². The van der Waals surface area contributed by atoms with E-state index in [9.17, 15) is 24.7 Å². The third-order valence-electron chi connectivity index (χ3n) is 16.4. The van der Waals surface area contributed by atoms with E-state index >= 15 is 9.59 Å². The summed E-state index contributed by atoms with van der Waals surface area (Å²) >= 11 is 0. The molecule has 0 saturated carbocycles. The summed E-state index contributed by atoms with van der Waals surface area (Å²) in [5, 5.41) is 3.97. The van der Waals surface area contributed by atoms with Crippen LogP contribution in [0.2, 0.25) is 0 Å². The van der Waals surface area contributed by atoms with Crippen molar-refractivity contribution in [2.24, 2.45) is 22.9 Å². The summed E-state index contributed by atoms with van der Waals surface area (Å²) in [6.45, 7) is 15.7. The Morgan fingerprint density at radius 1 is 0.729 bits per heavy atom. The summed E-state index contributed by atoms with van der Waals surface area (Å²) in [6, 6.07) is 25.0. The van der Waals surface area contributed by atoms with Crippen LogP contribution < -0.4 is 0 Å². The number of carbonyl (C=O) groups excluding carboxylic acids is 6. The van der Waals surface area contributed by atoms with Gasteiger partial charge in [0.1, 0.15) is 43.2 Å². The number of ether oxygens (including phenoxy) is 14. The first-order valence-corrected chi connectivity index (χ1v) is 28.6. The molecule has 4 heterocycles. The molecule has 3 aromatic rings. The van der Waals surface area contributed by atoms with Crippen molar-refractivity contribution in [3.8, 4) is 0 Å². The van der Waals surface area contributed by atoms with Crippen molar-refractivity contribution in [1.82, 2.24) is 4.90 Å². The summed E-state index contributed by atoms with van der Waals surface area (Å²) in [6.07, 6.45) is -16.9. The number of cyclic esters (lactones) is 2. The lowest BCUT2D eigenvalue weighted by Crippen LogP contribution is -2.62. The van der Waals surface area contributed by atoms with Crippen molar-refractivity contribution < 1.29 is 95.1 Å². The molecule has 18 atom stereocenters. The monoisotopic (exact) mass is 1190 g/mol. The molecule has 0 radical (unpaired) electrons. The van der Waals surface area contributed by atoms with Crippen LogP contribution >= 0.6 is 0 Å². The number of hydrogen-bond acceptors (Lipinski definition) is 21. The SMILES string of the molecule is CC[C@@H]1OC(=O)[C@H](C)[C@@H](O[C@H]2C[C@@](C)(OC)[C@@H](OC(=O)OCc3ccccc3)[C@H](C)O2)[C@H](C)[C@@H](O[C@@H]2O[C@H](C)C[C@H](N(C)C(=O)OCc3ccccc3)[C@H]2OC(=O)OCc2ccccc2)[C@@](C)(C[C@@H](C)N=[N+]=[N-])OC(=O)[C@@H](C)[C@H]2OC(=O)O[C@]12C. The molecule has 0 N–H and O–H groups in total. The minimum Gasteiger partial charge on any atom is -0.458 e. The first kappa shape index (κ1) is 65.3. The number of nitrogens with zero attached hydrogens (tertiary/aromatic N) is 4. The summed E-state index contributed by atoms with van der Waals surface area (Å²) in [7, 11) is 2.91. The Labute approximate surface area is 495 Å². The zero-order valence-corrected chi connectivity index (χ0v) is 50.2. The Balaban J connectivity index is 1.32. The molecule has 4 saturated heterocycles. The van der Waals surface area contributed by atoms with Crippen LogP contribution in [0, 0.1) is 17.8 Å². The largest absolute Gasteiger partial charge is 0.509 e. The second-order valence-corrected chi connectivity index (χ2v) is 22.9. The van der Waals surface area contributed by atoms with Gasteiger partial charge < -0.3 is 71.2 Å². The van der Waals surface area contributed by atoms with Crippen molar-refractivity contribution in [3.63, 3.8) is 0 Å². The number of rotatable bonds is 18. The molecule has 464 valence electrons. The highest BCUT2D eigenvalue weighted by Gasteiger charge is 2.61. The molecule has 4 aliphatic heterocycles. The molecule has 3 aromatic carbocycles. The molecule has 0 bridgehead atoms.